The molecule has 1 aliphatic heterocycles. The molecule has 1 atom stereocenters. The predicted octanol–water partition coefficient (Wildman–Crippen LogP) is 2.81. The SMILES string of the molecule is CC(NC(=O)N1CCN(C(=O)c2ccc(O)cc2)CC1)c1ccc(-n2ccnc2)cc1. The van der Waals surface area contributed by atoms with E-state index in [0.29, 0.717) is 31.7 Å². The van der Waals surface area contributed by atoms with E-state index >= 15 is 0 Å². The lowest BCUT2D eigenvalue weighted by atomic mass is 10.1. The van der Waals surface area contributed by atoms with Crippen LogP contribution in [0.3, 0.4) is 0 Å². The van der Waals surface area contributed by atoms with Gasteiger partial charge in [0.15, 0.2) is 0 Å². The van der Waals surface area contributed by atoms with Crippen LogP contribution >= 0.6 is 0 Å². The smallest absolute Gasteiger partial charge is 0.317 e. The molecule has 3 aromatic rings. The molecular weight excluding hydrogens is 394 g/mol. The van der Waals surface area contributed by atoms with Gasteiger partial charge in [-0.25, -0.2) is 9.78 Å². The first-order chi connectivity index (χ1) is 15.0. The van der Waals surface area contributed by atoms with Crippen LogP contribution in [-0.4, -0.2) is 62.6 Å². The molecule has 2 aromatic carbocycles. The van der Waals surface area contributed by atoms with E-state index in [4.69, 9.17) is 0 Å². The van der Waals surface area contributed by atoms with Crippen molar-refractivity contribution in [1.29, 1.82) is 0 Å². The molecule has 0 aliphatic carbocycles. The summed E-state index contributed by atoms with van der Waals surface area (Å²) in [6.45, 7) is 3.85. The quantitative estimate of drug-likeness (QED) is 0.680. The minimum Gasteiger partial charge on any atom is -0.508 e. The summed E-state index contributed by atoms with van der Waals surface area (Å²) < 4.78 is 1.92. The van der Waals surface area contributed by atoms with Crippen LogP contribution in [-0.2, 0) is 0 Å². The van der Waals surface area contributed by atoms with Gasteiger partial charge in [0.1, 0.15) is 5.75 Å². The number of carbonyl (C=O) groups excluding carboxylic acids is 2. The monoisotopic (exact) mass is 419 g/mol. The Bertz CT molecular complexity index is 1020. The molecule has 160 valence electrons. The number of imidazole rings is 1. The lowest BCUT2D eigenvalue weighted by molar-refractivity contribution is 0.0663. The van der Waals surface area contributed by atoms with Crippen LogP contribution in [0.5, 0.6) is 5.75 Å². The molecular formula is C23H25N5O3. The molecule has 3 amide bonds. The summed E-state index contributed by atoms with van der Waals surface area (Å²) in [6.07, 6.45) is 5.35. The number of phenolic OH excluding ortho intramolecular Hbond substituents is 1. The number of hydrogen-bond acceptors (Lipinski definition) is 4. The molecule has 31 heavy (non-hydrogen) atoms. The maximum atomic E-state index is 12.7. The highest BCUT2D eigenvalue weighted by Crippen LogP contribution is 2.17. The number of aromatic nitrogens is 2. The number of amides is 3. The van der Waals surface area contributed by atoms with E-state index in [1.807, 2.05) is 42.0 Å². The van der Waals surface area contributed by atoms with Crippen LogP contribution in [0.25, 0.3) is 5.69 Å². The third-order valence-electron chi connectivity index (χ3n) is 5.50. The van der Waals surface area contributed by atoms with Gasteiger partial charge in [0.25, 0.3) is 5.91 Å². The van der Waals surface area contributed by atoms with Gasteiger partial charge in [-0.3, -0.25) is 4.79 Å². The van der Waals surface area contributed by atoms with E-state index in [0.717, 1.165) is 11.3 Å². The topological polar surface area (TPSA) is 90.7 Å². The van der Waals surface area contributed by atoms with Crippen molar-refractivity contribution in [2.24, 2.45) is 0 Å². The Morgan fingerprint density at radius 3 is 2.23 bits per heavy atom. The zero-order valence-corrected chi connectivity index (χ0v) is 17.3. The summed E-state index contributed by atoms with van der Waals surface area (Å²) in [5.74, 6) is 0.0370. The van der Waals surface area contributed by atoms with Gasteiger partial charge in [-0.05, 0) is 48.9 Å². The van der Waals surface area contributed by atoms with Crippen molar-refractivity contribution in [2.75, 3.05) is 26.2 Å². The van der Waals surface area contributed by atoms with Gasteiger partial charge >= 0.3 is 6.03 Å². The minimum atomic E-state index is -0.138. The Hall–Kier alpha value is -3.81. The zero-order chi connectivity index (χ0) is 21.8. The standard InChI is InChI=1S/C23H25N5O3/c1-17(18-2-6-20(7-3-18)28-11-10-24-16-28)25-23(31)27-14-12-26(13-15-27)22(30)19-4-8-21(29)9-5-19/h2-11,16-17,29H,12-15H2,1H3,(H,25,31). The highest BCUT2D eigenvalue weighted by atomic mass is 16.3. The number of nitrogens with one attached hydrogen (secondary N) is 1. The normalized spacial score (nSPS) is 14.9. The number of urea groups is 1. The van der Waals surface area contributed by atoms with Gasteiger partial charge in [-0.2, -0.15) is 0 Å². The Labute approximate surface area is 180 Å². The van der Waals surface area contributed by atoms with Crippen molar-refractivity contribution in [3.8, 4) is 11.4 Å². The fourth-order valence-electron chi connectivity index (χ4n) is 3.61. The van der Waals surface area contributed by atoms with Crippen LogP contribution in [0.2, 0.25) is 0 Å². The van der Waals surface area contributed by atoms with Crippen LogP contribution in [0.1, 0.15) is 28.9 Å². The first kappa shape index (κ1) is 20.5. The van der Waals surface area contributed by atoms with Crippen LogP contribution in [0.15, 0.2) is 67.3 Å². The van der Waals surface area contributed by atoms with E-state index in [-0.39, 0.29) is 23.7 Å². The van der Waals surface area contributed by atoms with Crippen molar-refractivity contribution >= 4 is 11.9 Å². The second-order valence-corrected chi connectivity index (χ2v) is 7.56. The van der Waals surface area contributed by atoms with E-state index in [9.17, 15) is 14.7 Å². The van der Waals surface area contributed by atoms with Crippen molar-refractivity contribution < 1.29 is 14.7 Å². The van der Waals surface area contributed by atoms with E-state index in [2.05, 4.69) is 10.3 Å². The number of hydrogen-bond donors (Lipinski definition) is 2. The summed E-state index contributed by atoms with van der Waals surface area (Å²) in [6, 6.07) is 13.9. The summed E-state index contributed by atoms with van der Waals surface area (Å²) in [7, 11) is 0. The summed E-state index contributed by atoms with van der Waals surface area (Å²) >= 11 is 0. The number of benzene rings is 2. The molecule has 4 rings (SSSR count). The van der Waals surface area contributed by atoms with Crippen molar-refractivity contribution in [3.05, 3.63) is 78.4 Å². The van der Waals surface area contributed by atoms with Gasteiger partial charge in [-0.1, -0.05) is 12.1 Å². The molecule has 1 aromatic heterocycles. The largest absolute Gasteiger partial charge is 0.508 e. The molecule has 8 nitrogen and oxygen atoms in total. The number of carbonyl (C=O) groups is 2. The number of piperazine rings is 1. The first-order valence-corrected chi connectivity index (χ1v) is 10.2. The van der Waals surface area contributed by atoms with Gasteiger partial charge in [0.2, 0.25) is 0 Å². The Kier molecular flexibility index (Phi) is 5.88. The van der Waals surface area contributed by atoms with Gasteiger partial charge in [0, 0.05) is 49.8 Å². The summed E-state index contributed by atoms with van der Waals surface area (Å²) in [5.41, 5.74) is 2.55. The van der Waals surface area contributed by atoms with Gasteiger partial charge in [-0.15, -0.1) is 0 Å². The molecule has 1 fully saturated rings. The minimum absolute atomic E-state index is 0.0913. The molecule has 1 unspecified atom stereocenters. The highest BCUT2D eigenvalue weighted by molar-refractivity contribution is 5.94. The van der Waals surface area contributed by atoms with Crippen molar-refractivity contribution in [3.63, 3.8) is 0 Å². The Morgan fingerprint density at radius 1 is 0.968 bits per heavy atom. The summed E-state index contributed by atoms with van der Waals surface area (Å²) in [5, 5.41) is 12.4. The zero-order valence-electron chi connectivity index (χ0n) is 17.3. The molecule has 0 bridgehead atoms. The first-order valence-electron chi connectivity index (χ1n) is 10.2. The molecule has 0 radical (unpaired) electrons. The van der Waals surface area contributed by atoms with E-state index < -0.39 is 0 Å². The third kappa shape index (κ3) is 4.69. The Morgan fingerprint density at radius 2 is 1.61 bits per heavy atom. The summed E-state index contributed by atoms with van der Waals surface area (Å²) in [4.78, 5) is 32.8. The number of rotatable bonds is 4. The molecule has 2 N–H and O–H groups in total. The van der Waals surface area contributed by atoms with Crippen molar-refractivity contribution in [1.82, 2.24) is 24.7 Å². The maximum absolute atomic E-state index is 12.7. The average Bonchev–Trinajstić information content (AvgIpc) is 3.34. The molecule has 2 heterocycles. The lowest BCUT2D eigenvalue weighted by Gasteiger charge is -2.35. The van der Waals surface area contributed by atoms with E-state index in [1.54, 1.807) is 34.5 Å². The average molecular weight is 419 g/mol. The molecule has 8 heteroatoms. The number of phenols is 1. The Balaban J connectivity index is 1.29. The van der Waals surface area contributed by atoms with Gasteiger partial charge < -0.3 is 24.8 Å². The van der Waals surface area contributed by atoms with Gasteiger partial charge in [0.05, 0.1) is 12.4 Å². The number of aromatic hydroxyl groups is 1. The van der Waals surface area contributed by atoms with E-state index in [1.165, 1.54) is 12.1 Å². The third-order valence-corrected chi connectivity index (χ3v) is 5.50. The van der Waals surface area contributed by atoms with Crippen LogP contribution in [0, 0.1) is 0 Å². The highest BCUT2D eigenvalue weighted by Gasteiger charge is 2.25. The maximum Gasteiger partial charge on any atom is 0.317 e. The van der Waals surface area contributed by atoms with Crippen molar-refractivity contribution in [2.45, 2.75) is 13.0 Å². The molecule has 0 spiro atoms. The fraction of sp³-hybridized carbons (Fsp3) is 0.261. The fourth-order valence-corrected chi connectivity index (χ4v) is 3.61. The predicted molar refractivity (Wildman–Crippen MR) is 116 cm³/mol. The molecule has 0 saturated carbocycles. The number of nitrogens with zero attached hydrogens (tertiary/aromatic N) is 4. The lowest BCUT2D eigenvalue weighted by Crippen LogP contribution is -2.53. The van der Waals surface area contributed by atoms with Crippen LogP contribution in [0.4, 0.5) is 4.79 Å². The molecule has 1 aliphatic rings. The second-order valence-electron chi connectivity index (χ2n) is 7.56. The molecule has 1 saturated heterocycles. The second kappa shape index (κ2) is 8.91. The van der Waals surface area contributed by atoms with Crippen LogP contribution < -0.4 is 5.32 Å².